The summed E-state index contributed by atoms with van der Waals surface area (Å²) in [5.41, 5.74) is 0.391. The standard InChI is InChI=1S/C12H16BrClN2O2/c1-12(2,3)16(11(17)18)7-5-8-9(14)4-6-15-10(8)13/h4,6H,5,7H2,1-3H3,(H,17,18). The van der Waals surface area contributed by atoms with Gasteiger partial charge >= 0.3 is 6.09 Å². The highest BCUT2D eigenvalue weighted by Crippen LogP contribution is 2.24. The molecule has 0 aromatic carbocycles. The topological polar surface area (TPSA) is 53.4 Å². The molecule has 1 N–H and O–H groups in total. The van der Waals surface area contributed by atoms with Gasteiger partial charge in [0, 0.05) is 28.9 Å². The first kappa shape index (κ1) is 15.2. The van der Waals surface area contributed by atoms with Gasteiger partial charge in [-0.1, -0.05) is 11.6 Å². The molecule has 0 bridgehead atoms. The molecule has 0 aliphatic carbocycles. The van der Waals surface area contributed by atoms with Crippen LogP contribution in [0.15, 0.2) is 16.9 Å². The summed E-state index contributed by atoms with van der Waals surface area (Å²) in [6.45, 7) is 5.96. The number of carboxylic acid groups (broad SMARTS) is 1. The smallest absolute Gasteiger partial charge is 0.407 e. The Bertz CT molecular complexity index is 426. The van der Waals surface area contributed by atoms with Crippen LogP contribution in [-0.4, -0.2) is 33.2 Å². The van der Waals surface area contributed by atoms with Crippen LogP contribution in [0.4, 0.5) is 4.79 Å². The molecule has 1 heterocycles. The average Bonchev–Trinajstić information content (AvgIpc) is 2.19. The lowest BCUT2D eigenvalue weighted by atomic mass is 10.1. The van der Waals surface area contributed by atoms with Crippen LogP contribution >= 0.6 is 27.5 Å². The molecule has 0 fully saturated rings. The summed E-state index contributed by atoms with van der Waals surface area (Å²) < 4.78 is 0.661. The molecule has 0 atom stereocenters. The predicted octanol–water partition coefficient (Wildman–Crippen LogP) is 3.82. The monoisotopic (exact) mass is 334 g/mol. The van der Waals surface area contributed by atoms with E-state index in [4.69, 9.17) is 11.6 Å². The molecule has 1 aromatic heterocycles. The lowest BCUT2D eigenvalue weighted by Gasteiger charge is -2.33. The van der Waals surface area contributed by atoms with E-state index >= 15 is 0 Å². The van der Waals surface area contributed by atoms with Crippen molar-refractivity contribution in [3.63, 3.8) is 0 Å². The molecule has 4 nitrogen and oxygen atoms in total. The van der Waals surface area contributed by atoms with Crippen molar-refractivity contribution >= 4 is 33.6 Å². The first-order valence-corrected chi connectivity index (χ1v) is 6.70. The fourth-order valence-corrected chi connectivity index (χ4v) is 2.49. The van der Waals surface area contributed by atoms with E-state index in [-0.39, 0.29) is 0 Å². The SMILES string of the molecule is CC(C)(C)N(CCc1c(Cl)ccnc1Br)C(=O)O. The zero-order valence-corrected chi connectivity index (χ0v) is 12.9. The van der Waals surface area contributed by atoms with E-state index in [1.165, 1.54) is 4.90 Å². The summed E-state index contributed by atoms with van der Waals surface area (Å²) in [7, 11) is 0. The quantitative estimate of drug-likeness (QED) is 0.854. The minimum atomic E-state index is -0.932. The van der Waals surface area contributed by atoms with Gasteiger partial charge in [0.05, 0.1) is 0 Å². The van der Waals surface area contributed by atoms with Gasteiger partial charge in [0.2, 0.25) is 0 Å². The summed E-state index contributed by atoms with van der Waals surface area (Å²) in [4.78, 5) is 16.7. The van der Waals surface area contributed by atoms with Crippen molar-refractivity contribution in [1.29, 1.82) is 0 Å². The van der Waals surface area contributed by atoms with E-state index in [9.17, 15) is 9.90 Å². The van der Waals surface area contributed by atoms with Gasteiger partial charge in [-0.15, -0.1) is 0 Å². The van der Waals surface area contributed by atoms with Crippen molar-refractivity contribution < 1.29 is 9.90 Å². The highest BCUT2D eigenvalue weighted by atomic mass is 79.9. The highest BCUT2D eigenvalue weighted by Gasteiger charge is 2.26. The summed E-state index contributed by atoms with van der Waals surface area (Å²) in [6, 6.07) is 1.70. The Labute approximate surface area is 120 Å². The van der Waals surface area contributed by atoms with Gasteiger partial charge < -0.3 is 10.0 Å². The molecule has 1 rings (SSSR count). The molecule has 0 aliphatic rings. The fourth-order valence-electron chi connectivity index (χ4n) is 1.61. The number of nitrogens with zero attached hydrogens (tertiary/aromatic N) is 2. The van der Waals surface area contributed by atoms with Crippen molar-refractivity contribution in [2.45, 2.75) is 32.7 Å². The zero-order valence-electron chi connectivity index (χ0n) is 10.6. The van der Waals surface area contributed by atoms with E-state index in [2.05, 4.69) is 20.9 Å². The molecule has 0 aliphatic heterocycles. The number of hydrogen-bond acceptors (Lipinski definition) is 2. The number of aromatic nitrogens is 1. The number of amides is 1. The van der Waals surface area contributed by atoms with Crippen LogP contribution in [0.1, 0.15) is 26.3 Å². The molecule has 0 spiro atoms. The summed E-state index contributed by atoms with van der Waals surface area (Å²) in [5.74, 6) is 0. The van der Waals surface area contributed by atoms with Crippen LogP contribution in [0.3, 0.4) is 0 Å². The van der Waals surface area contributed by atoms with Gasteiger partial charge in [-0.2, -0.15) is 0 Å². The molecule has 18 heavy (non-hydrogen) atoms. The lowest BCUT2D eigenvalue weighted by Crippen LogP contribution is -2.46. The first-order chi connectivity index (χ1) is 8.23. The van der Waals surface area contributed by atoms with E-state index < -0.39 is 11.6 Å². The number of hydrogen-bond donors (Lipinski definition) is 1. The molecule has 0 radical (unpaired) electrons. The second kappa shape index (κ2) is 5.89. The maximum Gasteiger partial charge on any atom is 0.407 e. The first-order valence-electron chi connectivity index (χ1n) is 5.53. The number of carbonyl (C=O) groups is 1. The average molecular weight is 336 g/mol. The molecule has 1 amide bonds. The third kappa shape index (κ3) is 3.85. The number of halogens is 2. The van der Waals surface area contributed by atoms with Crippen molar-refractivity contribution in [1.82, 2.24) is 9.88 Å². The van der Waals surface area contributed by atoms with Gasteiger partial charge in [0.1, 0.15) is 4.60 Å². The Morgan fingerprint density at radius 2 is 2.17 bits per heavy atom. The Hall–Kier alpha value is -0.810. The second-order valence-corrected chi connectivity index (χ2v) is 6.08. The van der Waals surface area contributed by atoms with Crippen molar-refractivity contribution in [2.24, 2.45) is 0 Å². The fraction of sp³-hybridized carbons (Fsp3) is 0.500. The van der Waals surface area contributed by atoms with E-state index in [0.29, 0.717) is 22.6 Å². The number of pyridine rings is 1. The zero-order chi connectivity index (χ0) is 13.9. The van der Waals surface area contributed by atoms with E-state index in [0.717, 1.165) is 5.56 Å². The molecular weight excluding hydrogens is 320 g/mol. The van der Waals surface area contributed by atoms with Crippen molar-refractivity contribution in [3.05, 3.63) is 27.5 Å². The molecule has 0 saturated heterocycles. The largest absolute Gasteiger partial charge is 0.465 e. The van der Waals surface area contributed by atoms with Crippen LogP contribution in [0.25, 0.3) is 0 Å². The van der Waals surface area contributed by atoms with E-state index in [1.54, 1.807) is 12.3 Å². The third-order valence-electron chi connectivity index (χ3n) is 2.57. The predicted molar refractivity (Wildman–Crippen MR) is 75.1 cm³/mol. The molecule has 1 aromatic rings. The second-order valence-electron chi connectivity index (χ2n) is 4.92. The summed E-state index contributed by atoms with van der Waals surface area (Å²) in [6.07, 6.45) is 1.20. The Morgan fingerprint density at radius 3 is 2.61 bits per heavy atom. The van der Waals surface area contributed by atoms with Crippen molar-refractivity contribution in [3.8, 4) is 0 Å². The van der Waals surface area contributed by atoms with Gasteiger partial charge in [-0.25, -0.2) is 9.78 Å². The van der Waals surface area contributed by atoms with E-state index in [1.807, 2.05) is 20.8 Å². The molecule has 0 saturated carbocycles. The van der Waals surface area contributed by atoms with Crippen LogP contribution in [-0.2, 0) is 6.42 Å². The third-order valence-corrected chi connectivity index (χ3v) is 3.61. The van der Waals surface area contributed by atoms with Crippen molar-refractivity contribution in [2.75, 3.05) is 6.54 Å². The summed E-state index contributed by atoms with van der Waals surface area (Å²) in [5, 5.41) is 9.78. The van der Waals surface area contributed by atoms with Gasteiger partial charge in [-0.3, -0.25) is 0 Å². The van der Waals surface area contributed by atoms with Crippen LogP contribution in [0.5, 0.6) is 0 Å². The maximum absolute atomic E-state index is 11.2. The normalized spacial score (nSPS) is 11.4. The summed E-state index contributed by atoms with van der Waals surface area (Å²) >= 11 is 9.39. The Kier molecular flexibility index (Phi) is 4.99. The van der Waals surface area contributed by atoms with Gasteiger partial charge in [0.15, 0.2) is 0 Å². The number of rotatable bonds is 3. The molecule has 6 heteroatoms. The molecule has 0 unspecified atom stereocenters. The van der Waals surface area contributed by atoms with Crippen LogP contribution < -0.4 is 0 Å². The molecule has 100 valence electrons. The minimum absolute atomic E-state index is 0.378. The lowest BCUT2D eigenvalue weighted by molar-refractivity contribution is 0.101. The minimum Gasteiger partial charge on any atom is -0.465 e. The van der Waals surface area contributed by atoms with Gasteiger partial charge in [0.25, 0.3) is 0 Å². The van der Waals surface area contributed by atoms with Crippen LogP contribution in [0, 0.1) is 0 Å². The maximum atomic E-state index is 11.2. The highest BCUT2D eigenvalue weighted by molar-refractivity contribution is 9.10. The van der Waals surface area contributed by atoms with Gasteiger partial charge in [-0.05, 0) is 49.2 Å². The molecular formula is C12H16BrClN2O2. The Balaban J connectivity index is 2.83. The van der Waals surface area contributed by atoms with Crippen LogP contribution in [0.2, 0.25) is 5.02 Å². The Morgan fingerprint density at radius 1 is 1.56 bits per heavy atom.